The molecule has 0 aliphatic rings. The summed E-state index contributed by atoms with van der Waals surface area (Å²) < 4.78 is 26.3. The standard InChI is InChI=1S/C14H12F2N2O2/c1-9-3-2-4-13(18(19)20)14(9)17-8-10-5-6-11(15)7-12(10)16/h2-7,17H,8H2,1H3. The van der Waals surface area contributed by atoms with Crippen molar-refractivity contribution in [2.75, 3.05) is 5.32 Å². The summed E-state index contributed by atoms with van der Waals surface area (Å²) in [5, 5.41) is 13.8. The van der Waals surface area contributed by atoms with Crippen LogP contribution in [0.25, 0.3) is 0 Å². The largest absolute Gasteiger partial charge is 0.375 e. The number of nitrogens with zero attached hydrogens (tertiary/aromatic N) is 1. The van der Waals surface area contributed by atoms with E-state index >= 15 is 0 Å². The molecule has 0 fully saturated rings. The maximum atomic E-state index is 13.5. The van der Waals surface area contributed by atoms with Crippen LogP contribution in [-0.2, 0) is 6.54 Å². The Bertz CT molecular complexity index is 660. The number of nitro groups is 1. The zero-order valence-electron chi connectivity index (χ0n) is 10.7. The summed E-state index contributed by atoms with van der Waals surface area (Å²) in [6.07, 6.45) is 0. The Labute approximate surface area is 114 Å². The van der Waals surface area contributed by atoms with Gasteiger partial charge in [-0.25, -0.2) is 8.78 Å². The highest BCUT2D eigenvalue weighted by molar-refractivity contribution is 5.66. The number of nitro benzene ring substituents is 1. The van der Waals surface area contributed by atoms with Crippen molar-refractivity contribution in [2.45, 2.75) is 13.5 Å². The number of nitrogens with one attached hydrogen (secondary N) is 1. The summed E-state index contributed by atoms with van der Waals surface area (Å²) in [7, 11) is 0. The van der Waals surface area contributed by atoms with Gasteiger partial charge in [0.1, 0.15) is 17.3 Å². The Balaban J connectivity index is 2.25. The molecule has 0 amide bonds. The van der Waals surface area contributed by atoms with Crippen molar-refractivity contribution < 1.29 is 13.7 Å². The van der Waals surface area contributed by atoms with Crippen LogP contribution in [0.4, 0.5) is 20.2 Å². The number of aryl methyl sites for hydroxylation is 1. The summed E-state index contributed by atoms with van der Waals surface area (Å²) >= 11 is 0. The molecule has 0 aromatic heterocycles. The predicted octanol–water partition coefficient (Wildman–Crippen LogP) is 3.79. The molecule has 0 saturated carbocycles. The number of rotatable bonds is 4. The molecular weight excluding hydrogens is 266 g/mol. The van der Waals surface area contributed by atoms with Gasteiger partial charge in [-0.05, 0) is 18.6 Å². The van der Waals surface area contributed by atoms with Crippen LogP contribution in [0.3, 0.4) is 0 Å². The summed E-state index contributed by atoms with van der Waals surface area (Å²) in [6, 6.07) is 7.90. The maximum Gasteiger partial charge on any atom is 0.292 e. The third-order valence-corrected chi connectivity index (χ3v) is 2.92. The van der Waals surface area contributed by atoms with Crippen LogP contribution in [0, 0.1) is 28.7 Å². The van der Waals surface area contributed by atoms with Crippen LogP contribution in [0.5, 0.6) is 0 Å². The molecule has 2 aromatic rings. The van der Waals surface area contributed by atoms with E-state index in [1.165, 1.54) is 12.1 Å². The summed E-state index contributed by atoms with van der Waals surface area (Å²) in [5.74, 6) is -1.35. The highest BCUT2D eigenvalue weighted by Gasteiger charge is 2.15. The van der Waals surface area contributed by atoms with Gasteiger partial charge in [0, 0.05) is 24.2 Å². The van der Waals surface area contributed by atoms with E-state index in [0.29, 0.717) is 11.3 Å². The van der Waals surface area contributed by atoms with Crippen molar-refractivity contribution in [1.29, 1.82) is 0 Å². The molecule has 104 valence electrons. The van der Waals surface area contributed by atoms with E-state index in [-0.39, 0.29) is 17.8 Å². The fraction of sp³-hybridized carbons (Fsp3) is 0.143. The summed E-state index contributed by atoms with van der Waals surface area (Å²) in [5.41, 5.74) is 1.18. The molecule has 0 saturated heterocycles. The van der Waals surface area contributed by atoms with Gasteiger partial charge in [-0.2, -0.15) is 0 Å². The Kier molecular flexibility index (Phi) is 3.93. The Morgan fingerprint density at radius 1 is 1.25 bits per heavy atom. The maximum absolute atomic E-state index is 13.5. The van der Waals surface area contributed by atoms with E-state index < -0.39 is 16.6 Å². The lowest BCUT2D eigenvalue weighted by Gasteiger charge is -2.10. The normalized spacial score (nSPS) is 10.3. The van der Waals surface area contributed by atoms with Crippen molar-refractivity contribution in [2.24, 2.45) is 0 Å². The van der Waals surface area contributed by atoms with E-state index in [2.05, 4.69) is 5.32 Å². The van der Waals surface area contributed by atoms with Gasteiger partial charge in [-0.3, -0.25) is 10.1 Å². The highest BCUT2D eigenvalue weighted by Crippen LogP contribution is 2.28. The molecule has 2 rings (SSSR count). The summed E-state index contributed by atoms with van der Waals surface area (Å²) in [6.45, 7) is 1.76. The molecule has 1 N–H and O–H groups in total. The second kappa shape index (κ2) is 5.64. The molecule has 0 bridgehead atoms. The average molecular weight is 278 g/mol. The highest BCUT2D eigenvalue weighted by atomic mass is 19.1. The minimum absolute atomic E-state index is 0.0395. The number of para-hydroxylation sites is 1. The Hall–Kier alpha value is -2.50. The van der Waals surface area contributed by atoms with Crippen LogP contribution in [-0.4, -0.2) is 4.92 Å². The first kappa shape index (κ1) is 13.9. The van der Waals surface area contributed by atoms with E-state index in [9.17, 15) is 18.9 Å². The van der Waals surface area contributed by atoms with E-state index in [0.717, 1.165) is 12.1 Å². The first-order valence-electron chi connectivity index (χ1n) is 5.91. The minimum Gasteiger partial charge on any atom is -0.375 e. The molecule has 0 radical (unpaired) electrons. The van der Waals surface area contributed by atoms with Gasteiger partial charge in [0.15, 0.2) is 0 Å². The van der Waals surface area contributed by atoms with Gasteiger partial charge in [-0.1, -0.05) is 18.2 Å². The number of hydrogen-bond acceptors (Lipinski definition) is 3. The van der Waals surface area contributed by atoms with Gasteiger partial charge in [0.05, 0.1) is 4.92 Å². The number of hydrogen-bond donors (Lipinski definition) is 1. The van der Waals surface area contributed by atoms with E-state index in [1.54, 1.807) is 19.1 Å². The monoisotopic (exact) mass is 278 g/mol. The van der Waals surface area contributed by atoms with Crippen molar-refractivity contribution in [1.82, 2.24) is 0 Å². The van der Waals surface area contributed by atoms with Gasteiger partial charge in [0.25, 0.3) is 5.69 Å². The molecule has 0 aliphatic carbocycles. The van der Waals surface area contributed by atoms with Gasteiger partial charge < -0.3 is 5.32 Å². The molecule has 2 aromatic carbocycles. The van der Waals surface area contributed by atoms with Crippen molar-refractivity contribution in [3.8, 4) is 0 Å². The Morgan fingerprint density at radius 3 is 2.65 bits per heavy atom. The minimum atomic E-state index is -0.686. The van der Waals surface area contributed by atoms with Crippen LogP contribution < -0.4 is 5.32 Å². The van der Waals surface area contributed by atoms with Crippen LogP contribution >= 0.6 is 0 Å². The number of benzene rings is 2. The van der Waals surface area contributed by atoms with E-state index in [1.807, 2.05) is 0 Å². The first-order valence-corrected chi connectivity index (χ1v) is 5.91. The lowest BCUT2D eigenvalue weighted by atomic mass is 10.1. The van der Waals surface area contributed by atoms with Crippen molar-refractivity contribution in [3.63, 3.8) is 0 Å². The van der Waals surface area contributed by atoms with E-state index in [4.69, 9.17) is 0 Å². The molecule has 6 heteroatoms. The fourth-order valence-corrected chi connectivity index (χ4v) is 1.88. The molecule has 0 aliphatic heterocycles. The average Bonchev–Trinajstić information content (AvgIpc) is 2.38. The first-order chi connectivity index (χ1) is 9.49. The van der Waals surface area contributed by atoms with Crippen LogP contribution in [0.15, 0.2) is 36.4 Å². The van der Waals surface area contributed by atoms with Gasteiger partial charge >= 0.3 is 0 Å². The molecule has 0 atom stereocenters. The fourth-order valence-electron chi connectivity index (χ4n) is 1.88. The molecule has 0 unspecified atom stereocenters. The molecular formula is C14H12F2N2O2. The third-order valence-electron chi connectivity index (χ3n) is 2.92. The van der Waals surface area contributed by atoms with Crippen molar-refractivity contribution >= 4 is 11.4 Å². The second-order valence-electron chi connectivity index (χ2n) is 4.32. The number of anilines is 1. The van der Waals surface area contributed by atoms with Crippen molar-refractivity contribution in [3.05, 3.63) is 69.3 Å². The van der Waals surface area contributed by atoms with Gasteiger partial charge in [-0.15, -0.1) is 0 Å². The Morgan fingerprint density at radius 2 is 2.00 bits per heavy atom. The quantitative estimate of drug-likeness (QED) is 0.683. The SMILES string of the molecule is Cc1cccc([N+](=O)[O-])c1NCc1ccc(F)cc1F. The lowest BCUT2D eigenvalue weighted by Crippen LogP contribution is -2.06. The zero-order chi connectivity index (χ0) is 14.7. The van der Waals surface area contributed by atoms with Crippen LogP contribution in [0.2, 0.25) is 0 Å². The third kappa shape index (κ3) is 2.90. The topological polar surface area (TPSA) is 55.2 Å². The molecule has 0 spiro atoms. The second-order valence-corrected chi connectivity index (χ2v) is 4.32. The number of halogens is 2. The lowest BCUT2D eigenvalue weighted by molar-refractivity contribution is -0.384. The molecule has 0 heterocycles. The molecule has 4 nitrogen and oxygen atoms in total. The summed E-state index contributed by atoms with van der Waals surface area (Å²) in [4.78, 5) is 10.4. The smallest absolute Gasteiger partial charge is 0.292 e. The van der Waals surface area contributed by atoms with Crippen LogP contribution in [0.1, 0.15) is 11.1 Å². The molecule has 20 heavy (non-hydrogen) atoms. The zero-order valence-corrected chi connectivity index (χ0v) is 10.7. The van der Waals surface area contributed by atoms with Gasteiger partial charge in [0.2, 0.25) is 0 Å². The predicted molar refractivity (Wildman–Crippen MR) is 71.5 cm³/mol.